The molecule has 4 heteroatoms. The minimum atomic E-state index is -0.117. The molecule has 2 N–H and O–H groups in total. The van der Waals surface area contributed by atoms with Gasteiger partial charge in [0.15, 0.2) is 0 Å². The van der Waals surface area contributed by atoms with Gasteiger partial charge in [-0.2, -0.15) is 0 Å². The van der Waals surface area contributed by atoms with E-state index in [0.717, 1.165) is 42.6 Å². The molecule has 1 saturated carbocycles. The van der Waals surface area contributed by atoms with Gasteiger partial charge in [0.05, 0.1) is 6.10 Å². The maximum atomic E-state index is 9.96. The van der Waals surface area contributed by atoms with Gasteiger partial charge in [0, 0.05) is 24.0 Å². The van der Waals surface area contributed by atoms with Gasteiger partial charge >= 0.3 is 0 Å². The molecular formula is C16H22BrNO2. The predicted molar refractivity (Wildman–Crippen MR) is 83.1 cm³/mol. The van der Waals surface area contributed by atoms with Crippen LogP contribution in [0.3, 0.4) is 0 Å². The van der Waals surface area contributed by atoms with E-state index in [4.69, 9.17) is 4.74 Å². The van der Waals surface area contributed by atoms with Crippen molar-refractivity contribution in [2.75, 3.05) is 13.1 Å². The van der Waals surface area contributed by atoms with Crippen molar-refractivity contribution in [3.05, 3.63) is 28.2 Å². The molecule has 3 unspecified atom stereocenters. The van der Waals surface area contributed by atoms with E-state index in [0.29, 0.717) is 5.92 Å². The molecule has 0 bridgehead atoms. The monoisotopic (exact) mass is 339 g/mol. The molecule has 20 heavy (non-hydrogen) atoms. The van der Waals surface area contributed by atoms with Crippen molar-refractivity contribution in [1.82, 2.24) is 5.32 Å². The van der Waals surface area contributed by atoms with Crippen molar-refractivity contribution in [1.29, 1.82) is 0 Å². The van der Waals surface area contributed by atoms with E-state index < -0.39 is 0 Å². The van der Waals surface area contributed by atoms with Crippen molar-refractivity contribution in [3.63, 3.8) is 0 Å². The Labute approximate surface area is 128 Å². The summed E-state index contributed by atoms with van der Waals surface area (Å²) in [6, 6.07) is 6.19. The second-order valence-electron chi connectivity index (χ2n) is 5.97. The normalized spacial score (nSPS) is 29.0. The fraction of sp³-hybridized carbons (Fsp3) is 0.625. The molecule has 0 aromatic heterocycles. The Hall–Kier alpha value is -0.580. The molecule has 1 fully saturated rings. The number of benzene rings is 1. The van der Waals surface area contributed by atoms with E-state index in [-0.39, 0.29) is 12.2 Å². The maximum Gasteiger partial charge on any atom is 0.123 e. The minimum Gasteiger partial charge on any atom is -0.488 e. The van der Waals surface area contributed by atoms with Crippen LogP contribution in [0.15, 0.2) is 22.7 Å². The Morgan fingerprint density at radius 1 is 1.25 bits per heavy atom. The first kappa shape index (κ1) is 14.4. The van der Waals surface area contributed by atoms with Crippen LogP contribution < -0.4 is 10.1 Å². The summed E-state index contributed by atoms with van der Waals surface area (Å²) in [4.78, 5) is 0. The highest BCUT2D eigenvalue weighted by Gasteiger charge is 2.25. The Bertz CT molecular complexity index is 466. The zero-order chi connectivity index (χ0) is 13.9. The number of ether oxygens (including phenoxy) is 1. The average Bonchev–Trinajstić information content (AvgIpc) is 2.83. The lowest BCUT2D eigenvalue weighted by Gasteiger charge is -2.28. The lowest BCUT2D eigenvalue weighted by molar-refractivity contribution is 0.0681. The van der Waals surface area contributed by atoms with Crippen molar-refractivity contribution in [3.8, 4) is 5.75 Å². The van der Waals surface area contributed by atoms with Crippen LogP contribution in [-0.2, 0) is 6.42 Å². The first-order valence-electron chi connectivity index (χ1n) is 7.56. The number of hydrogen-bond donors (Lipinski definition) is 2. The number of aliphatic hydroxyl groups excluding tert-OH is 1. The summed E-state index contributed by atoms with van der Waals surface area (Å²) in [6.07, 6.45) is 5.61. The van der Waals surface area contributed by atoms with Crippen LogP contribution in [0.4, 0.5) is 0 Å². The first-order valence-corrected chi connectivity index (χ1v) is 8.35. The van der Waals surface area contributed by atoms with Gasteiger partial charge in [-0.3, -0.25) is 0 Å². The fourth-order valence-corrected chi connectivity index (χ4v) is 3.67. The third-order valence-corrected chi connectivity index (χ3v) is 4.90. The molecule has 0 radical (unpaired) electrons. The Morgan fingerprint density at radius 2 is 2.10 bits per heavy atom. The van der Waals surface area contributed by atoms with Gasteiger partial charge in [0.2, 0.25) is 0 Å². The predicted octanol–water partition coefficient (Wildman–Crippen LogP) is 2.89. The standard InChI is InChI=1S/C16H22BrNO2/c17-13-5-6-16-12(7-13)8-14(20-16)10-18-9-11-3-1-2-4-15(11)19/h5-7,11,14-15,18-19H,1-4,8-10H2. The number of nitrogens with one attached hydrogen (secondary N) is 1. The largest absolute Gasteiger partial charge is 0.488 e. The number of fused-ring (bicyclic) bond motifs is 1. The molecule has 3 atom stereocenters. The molecule has 2 aliphatic rings. The number of halogens is 1. The molecule has 110 valence electrons. The molecule has 0 amide bonds. The molecule has 0 saturated heterocycles. The lowest BCUT2D eigenvalue weighted by Crippen LogP contribution is -2.38. The molecule has 1 aliphatic carbocycles. The maximum absolute atomic E-state index is 9.96. The Morgan fingerprint density at radius 3 is 2.95 bits per heavy atom. The average molecular weight is 340 g/mol. The van der Waals surface area contributed by atoms with Crippen molar-refractivity contribution < 1.29 is 9.84 Å². The molecular weight excluding hydrogens is 318 g/mol. The van der Waals surface area contributed by atoms with Gasteiger partial charge in [-0.25, -0.2) is 0 Å². The highest BCUT2D eigenvalue weighted by molar-refractivity contribution is 9.10. The van der Waals surface area contributed by atoms with E-state index >= 15 is 0 Å². The van der Waals surface area contributed by atoms with E-state index in [2.05, 4.69) is 27.3 Å². The van der Waals surface area contributed by atoms with Crippen LogP contribution in [0.25, 0.3) is 0 Å². The summed E-state index contributed by atoms with van der Waals surface area (Å²) in [5.74, 6) is 1.43. The topological polar surface area (TPSA) is 41.5 Å². The quantitative estimate of drug-likeness (QED) is 0.886. The number of aliphatic hydroxyl groups is 1. The molecule has 0 spiro atoms. The third-order valence-electron chi connectivity index (χ3n) is 4.41. The van der Waals surface area contributed by atoms with Gasteiger partial charge in [-0.15, -0.1) is 0 Å². The van der Waals surface area contributed by atoms with Gasteiger partial charge in [0.25, 0.3) is 0 Å². The third kappa shape index (κ3) is 3.35. The first-order chi connectivity index (χ1) is 9.72. The Kier molecular flexibility index (Phi) is 4.64. The second-order valence-corrected chi connectivity index (χ2v) is 6.88. The van der Waals surface area contributed by atoms with Gasteiger partial charge in [0.1, 0.15) is 11.9 Å². The van der Waals surface area contributed by atoms with E-state index in [9.17, 15) is 5.11 Å². The minimum absolute atomic E-state index is 0.117. The second kappa shape index (κ2) is 6.46. The molecule has 1 aromatic carbocycles. The summed E-state index contributed by atoms with van der Waals surface area (Å²) >= 11 is 3.50. The lowest BCUT2D eigenvalue weighted by atomic mass is 9.86. The summed E-state index contributed by atoms with van der Waals surface area (Å²) < 4.78 is 7.04. The van der Waals surface area contributed by atoms with Crippen LogP contribution in [0.5, 0.6) is 5.75 Å². The fourth-order valence-electron chi connectivity index (χ4n) is 3.26. The number of hydrogen-bond acceptors (Lipinski definition) is 3. The number of rotatable bonds is 4. The SMILES string of the molecule is OC1CCCCC1CNCC1Cc2cc(Br)ccc2O1. The molecule has 1 aromatic rings. The van der Waals surface area contributed by atoms with Crippen molar-refractivity contribution in [2.45, 2.75) is 44.3 Å². The van der Waals surface area contributed by atoms with E-state index in [1.165, 1.54) is 18.4 Å². The zero-order valence-corrected chi connectivity index (χ0v) is 13.2. The molecule has 3 rings (SSSR count). The summed E-state index contributed by atoms with van der Waals surface area (Å²) in [6.45, 7) is 1.76. The van der Waals surface area contributed by atoms with Gasteiger partial charge in [-0.05, 0) is 42.5 Å². The zero-order valence-electron chi connectivity index (χ0n) is 11.6. The van der Waals surface area contributed by atoms with Crippen LogP contribution in [0.1, 0.15) is 31.2 Å². The van der Waals surface area contributed by atoms with Crippen LogP contribution in [-0.4, -0.2) is 30.4 Å². The summed E-state index contributed by atoms with van der Waals surface area (Å²) in [5, 5.41) is 13.4. The molecule has 3 nitrogen and oxygen atoms in total. The highest BCUT2D eigenvalue weighted by atomic mass is 79.9. The molecule has 1 aliphatic heterocycles. The van der Waals surface area contributed by atoms with Gasteiger partial charge < -0.3 is 15.2 Å². The molecule has 1 heterocycles. The van der Waals surface area contributed by atoms with Gasteiger partial charge in [-0.1, -0.05) is 28.8 Å². The Balaban J connectivity index is 1.44. The smallest absolute Gasteiger partial charge is 0.123 e. The summed E-state index contributed by atoms with van der Waals surface area (Å²) in [7, 11) is 0. The van der Waals surface area contributed by atoms with Crippen LogP contribution in [0, 0.1) is 5.92 Å². The highest BCUT2D eigenvalue weighted by Crippen LogP contribution is 2.31. The van der Waals surface area contributed by atoms with Crippen molar-refractivity contribution in [2.24, 2.45) is 5.92 Å². The summed E-state index contributed by atoms with van der Waals surface area (Å²) in [5.41, 5.74) is 1.28. The van der Waals surface area contributed by atoms with Crippen LogP contribution >= 0.6 is 15.9 Å². The van der Waals surface area contributed by atoms with E-state index in [1.807, 2.05) is 12.1 Å². The van der Waals surface area contributed by atoms with Crippen molar-refractivity contribution >= 4 is 15.9 Å². The van der Waals surface area contributed by atoms with E-state index in [1.54, 1.807) is 0 Å². The van der Waals surface area contributed by atoms with Crippen LogP contribution in [0.2, 0.25) is 0 Å².